The predicted octanol–water partition coefficient (Wildman–Crippen LogP) is 2.33. The number of aromatic amines is 1. The molecule has 88 valence electrons. The third-order valence-corrected chi connectivity index (χ3v) is 2.45. The molecule has 0 spiro atoms. The van der Waals surface area contributed by atoms with Crippen LogP contribution in [0.2, 0.25) is 0 Å². The van der Waals surface area contributed by atoms with Crippen LogP contribution >= 0.6 is 0 Å². The van der Waals surface area contributed by atoms with Crippen LogP contribution in [0.4, 0.5) is 8.78 Å². The topological polar surface area (TPSA) is 45.8 Å². The smallest absolute Gasteiger partial charge is 0.303 e. The molecular weight excluding hydrogens is 226 g/mol. The Morgan fingerprint density at radius 2 is 1.88 bits per heavy atom. The van der Waals surface area contributed by atoms with Gasteiger partial charge in [0.25, 0.3) is 0 Å². The Balaban J connectivity index is 2.77. The normalized spacial score (nSPS) is 10.6. The van der Waals surface area contributed by atoms with Crippen molar-refractivity contribution in [2.75, 3.05) is 0 Å². The lowest BCUT2D eigenvalue weighted by molar-refractivity contribution is 0.603. The van der Waals surface area contributed by atoms with E-state index >= 15 is 0 Å². The van der Waals surface area contributed by atoms with Gasteiger partial charge in [0.1, 0.15) is 5.82 Å². The van der Waals surface area contributed by atoms with Gasteiger partial charge in [0.15, 0.2) is 5.82 Å². The molecule has 1 aromatic carbocycles. The monoisotopic (exact) mass is 236 g/mol. The fourth-order valence-electron chi connectivity index (χ4n) is 1.79. The maximum atomic E-state index is 13.8. The number of aryl methyl sites for hydroxylation is 2. The number of nitrogens with one attached hydrogen (secondary N) is 1. The summed E-state index contributed by atoms with van der Waals surface area (Å²) in [6.07, 6.45) is 0.785. The number of benzene rings is 1. The summed E-state index contributed by atoms with van der Waals surface area (Å²) < 4.78 is 27.3. The van der Waals surface area contributed by atoms with E-state index in [0.717, 1.165) is 11.8 Å². The molecule has 1 aromatic heterocycles. The molecule has 0 aliphatic rings. The fraction of sp³-hybridized carbons (Fsp3) is 0.167. The fourth-order valence-corrected chi connectivity index (χ4v) is 1.79. The number of nitrogens with zero attached hydrogens (tertiary/aromatic N) is 1. The average molecular weight is 236 g/mol. The molecule has 3 nitrogen and oxygen atoms in total. The Morgan fingerprint density at radius 1 is 1.18 bits per heavy atom. The molecular formula is C12H10F2N2O. The quantitative estimate of drug-likeness (QED) is 0.826. The maximum absolute atomic E-state index is 13.8. The van der Waals surface area contributed by atoms with Gasteiger partial charge in [0.2, 0.25) is 0 Å². The number of aromatic nitrogens is 2. The summed E-state index contributed by atoms with van der Waals surface area (Å²) in [7, 11) is 0. The molecule has 2 aromatic rings. The van der Waals surface area contributed by atoms with E-state index in [-0.39, 0.29) is 11.3 Å². The van der Waals surface area contributed by atoms with Crippen molar-refractivity contribution < 1.29 is 8.78 Å². The van der Waals surface area contributed by atoms with E-state index in [9.17, 15) is 13.6 Å². The van der Waals surface area contributed by atoms with Gasteiger partial charge in [-0.05, 0) is 31.0 Å². The Morgan fingerprint density at radius 3 is 2.53 bits per heavy atom. The van der Waals surface area contributed by atoms with Gasteiger partial charge in [-0.2, -0.15) is 4.98 Å². The Kier molecular flexibility index (Phi) is 2.75. The Labute approximate surface area is 96.2 Å². The molecule has 0 amide bonds. The van der Waals surface area contributed by atoms with Crippen LogP contribution in [-0.2, 0) is 0 Å². The van der Waals surface area contributed by atoms with Crippen LogP contribution in [0.25, 0.3) is 11.3 Å². The first-order chi connectivity index (χ1) is 7.99. The standard InChI is InChI=1S/C12H10F2N2O/c1-6-3-7(2)10(8(13)4-6)11-9(14)5-15-12(17)16-11/h3-5H,1-2H3,(H,15,16,17). The molecule has 1 N–H and O–H groups in total. The zero-order valence-corrected chi connectivity index (χ0v) is 9.34. The molecule has 0 radical (unpaired) electrons. The maximum Gasteiger partial charge on any atom is 0.345 e. The van der Waals surface area contributed by atoms with E-state index in [4.69, 9.17) is 0 Å². The van der Waals surface area contributed by atoms with E-state index in [1.165, 1.54) is 6.07 Å². The van der Waals surface area contributed by atoms with E-state index in [1.54, 1.807) is 19.9 Å². The largest absolute Gasteiger partial charge is 0.345 e. The lowest BCUT2D eigenvalue weighted by Crippen LogP contribution is -2.12. The highest BCUT2D eigenvalue weighted by Crippen LogP contribution is 2.26. The minimum atomic E-state index is -0.754. The van der Waals surface area contributed by atoms with E-state index in [2.05, 4.69) is 9.97 Å². The number of rotatable bonds is 1. The van der Waals surface area contributed by atoms with Gasteiger partial charge in [-0.3, -0.25) is 0 Å². The second-order valence-corrected chi connectivity index (χ2v) is 3.85. The molecule has 0 atom stereocenters. The first kappa shape index (κ1) is 11.4. The minimum Gasteiger partial charge on any atom is -0.303 e. The molecule has 0 unspecified atom stereocenters. The Hall–Kier alpha value is -2.04. The molecule has 1 heterocycles. The van der Waals surface area contributed by atoms with Crippen LogP contribution in [0, 0.1) is 25.5 Å². The first-order valence-corrected chi connectivity index (χ1v) is 5.01. The minimum absolute atomic E-state index is 0.0626. The van der Waals surface area contributed by atoms with Crippen LogP contribution in [0.1, 0.15) is 11.1 Å². The summed E-state index contributed by atoms with van der Waals surface area (Å²) in [6.45, 7) is 3.40. The average Bonchev–Trinajstić information content (AvgIpc) is 2.21. The summed E-state index contributed by atoms with van der Waals surface area (Å²) in [4.78, 5) is 16.5. The van der Waals surface area contributed by atoms with Crippen LogP contribution in [-0.4, -0.2) is 9.97 Å². The third kappa shape index (κ3) is 2.08. The van der Waals surface area contributed by atoms with Crippen LogP contribution < -0.4 is 5.69 Å². The number of hydrogen-bond donors (Lipinski definition) is 1. The summed E-state index contributed by atoms with van der Waals surface area (Å²) in [5, 5.41) is 0. The number of H-pyrrole nitrogens is 1. The highest BCUT2D eigenvalue weighted by molar-refractivity contribution is 5.64. The van der Waals surface area contributed by atoms with E-state index in [1.807, 2.05) is 0 Å². The van der Waals surface area contributed by atoms with Crippen molar-refractivity contribution in [1.82, 2.24) is 9.97 Å². The van der Waals surface area contributed by atoms with Crippen LogP contribution in [0.15, 0.2) is 23.1 Å². The van der Waals surface area contributed by atoms with Gasteiger partial charge in [-0.1, -0.05) is 6.07 Å². The van der Waals surface area contributed by atoms with Gasteiger partial charge in [-0.25, -0.2) is 13.6 Å². The molecule has 0 bridgehead atoms. The highest BCUT2D eigenvalue weighted by atomic mass is 19.1. The second-order valence-electron chi connectivity index (χ2n) is 3.85. The van der Waals surface area contributed by atoms with Crippen molar-refractivity contribution >= 4 is 0 Å². The lowest BCUT2D eigenvalue weighted by atomic mass is 10.0. The molecule has 0 saturated carbocycles. The lowest BCUT2D eigenvalue weighted by Gasteiger charge is -2.09. The molecule has 0 aliphatic heterocycles. The zero-order chi connectivity index (χ0) is 12.6. The number of halogens is 2. The second kappa shape index (κ2) is 4.08. The summed E-state index contributed by atoms with van der Waals surface area (Å²) in [6, 6.07) is 3.01. The summed E-state index contributed by atoms with van der Waals surface area (Å²) >= 11 is 0. The molecule has 0 fully saturated rings. The predicted molar refractivity (Wildman–Crippen MR) is 59.7 cm³/mol. The van der Waals surface area contributed by atoms with Gasteiger partial charge < -0.3 is 4.98 Å². The first-order valence-electron chi connectivity index (χ1n) is 5.01. The summed E-state index contributed by atoms with van der Waals surface area (Å²) in [5.41, 5.74) is 0.484. The van der Waals surface area contributed by atoms with E-state index < -0.39 is 17.3 Å². The van der Waals surface area contributed by atoms with Crippen LogP contribution in [0.5, 0.6) is 0 Å². The SMILES string of the molecule is Cc1cc(C)c(-c2[nH]c(=O)ncc2F)c(F)c1. The van der Waals surface area contributed by atoms with E-state index in [0.29, 0.717) is 5.56 Å². The van der Waals surface area contributed by atoms with Crippen LogP contribution in [0.3, 0.4) is 0 Å². The molecule has 0 saturated heterocycles. The van der Waals surface area contributed by atoms with Gasteiger partial charge in [0.05, 0.1) is 11.9 Å². The van der Waals surface area contributed by atoms with Gasteiger partial charge in [-0.15, -0.1) is 0 Å². The van der Waals surface area contributed by atoms with Crippen molar-refractivity contribution in [3.05, 3.63) is 51.6 Å². The molecule has 17 heavy (non-hydrogen) atoms. The van der Waals surface area contributed by atoms with Crippen molar-refractivity contribution in [2.45, 2.75) is 13.8 Å². The molecule has 2 rings (SSSR count). The Bertz CT molecular complexity index is 612. The molecule has 5 heteroatoms. The van der Waals surface area contributed by atoms with Crippen molar-refractivity contribution in [3.8, 4) is 11.3 Å². The zero-order valence-electron chi connectivity index (χ0n) is 9.34. The third-order valence-electron chi connectivity index (χ3n) is 2.45. The van der Waals surface area contributed by atoms with Crippen molar-refractivity contribution in [1.29, 1.82) is 0 Å². The highest BCUT2D eigenvalue weighted by Gasteiger charge is 2.14. The van der Waals surface area contributed by atoms with Gasteiger partial charge in [0, 0.05) is 5.56 Å². The molecule has 0 aliphatic carbocycles. The van der Waals surface area contributed by atoms with Crippen molar-refractivity contribution in [3.63, 3.8) is 0 Å². The number of hydrogen-bond acceptors (Lipinski definition) is 2. The summed E-state index contributed by atoms with van der Waals surface area (Å²) in [5.74, 6) is -1.32. The van der Waals surface area contributed by atoms with Crippen molar-refractivity contribution in [2.24, 2.45) is 0 Å². The van der Waals surface area contributed by atoms with Gasteiger partial charge >= 0.3 is 5.69 Å².